The maximum absolute atomic E-state index is 13.7. The van der Waals surface area contributed by atoms with Crippen molar-refractivity contribution in [1.82, 2.24) is 9.80 Å². The summed E-state index contributed by atoms with van der Waals surface area (Å²) < 4.78 is 13.7. The molecule has 0 aliphatic heterocycles. The first-order valence-electron chi connectivity index (χ1n) is 8.85. The van der Waals surface area contributed by atoms with E-state index in [2.05, 4.69) is 11.8 Å². The third-order valence-electron chi connectivity index (χ3n) is 4.81. The molecule has 0 spiro atoms. The minimum atomic E-state index is -0.298. The number of hydrogen-bond donors (Lipinski definition) is 0. The van der Waals surface area contributed by atoms with E-state index in [9.17, 15) is 9.18 Å². The second kappa shape index (κ2) is 10.6. The second-order valence-electron chi connectivity index (χ2n) is 7.10. The molecular formula is C20H30ClFN2O. The van der Waals surface area contributed by atoms with E-state index in [1.807, 2.05) is 19.0 Å². The van der Waals surface area contributed by atoms with E-state index in [0.717, 1.165) is 25.3 Å². The van der Waals surface area contributed by atoms with E-state index in [1.54, 1.807) is 24.3 Å². The van der Waals surface area contributed by atoms with Gasteiger partial charge in [-0.1, -0.05) is 25.1 Å². The zero-order valence-electron chi connectivity index (χ0n) is 15.5. The number of hydrogen-bond acceptors (Lipinski definition) is 2. The molecule has 1 aliphatic carbocycles. The van der Waals surface area contributed by atoms with Gasteiger partial charge in [-0.15, -0.1) is 12.4 Å². The number of likely N-dealkylation sites (N-methyl/N-ethyl adjacent to an activating group) is 1. The Balaban J connectivity index is 0.00000312. The van der Waals surface area contributed by atoms with E-state index >= 15 is 0 Å². The summed E-state index contributed by atoms with van der Waals surface area (Å²) in [4.78, 5) is 16.8. The van der Waals surface area contributed by atoms with Crippen molar-refractivity contribution in [2.24, 2.45) is 5.92 Å². The smallest absolute Gasteiger partial charge is 0.246 e. The van der Waals surface area contributed by atoms with Crippen LogP contribution in [0.4, 0.5) is 4.39 Å². The maximum atomic E-state index is 13.7. The molecule has 1 saturated carbocycles. The lowest BCUT2D eigenvalue weighted by Crippen LogP contribution is -2.44. The van der Waals surface area contributed by atoms with Crippen LogP contribution < -0.4 is 0 Å². The fraction of sp³-hybridized carbons (Fsp3) is 0.550. The SMILES string of the molecule is CN(C)CCN(C(=O)/C=C/c1ccccc1F)[C@H]1CC[C@H](C)CC1.Cl. The Bertz CT molecular complexity index is 569. The Kier molecular flexibility index (Phi) is 9.15. The molecule has 0 aromatic heterocycles. The Morgan fingerprint density at radius 3 is 2.40 bits per heavy atom. The highest BCUT2D eigenvalue weighted by molar-refractivity contribution is 5.92. The van der Waals surface area contributed by atoms with Gasteiger partial charge in [0, 0.05) is 30.8 Å². The lowest BCUT2D eigenvalue weighted by atomic mass is 9.86. The first-order chi connectivity index (χ1) is 11.5. The van der Waals surface area contributed by atoms with Gasteiger partial charge < -0.3 is 9.80 Å². The van der Waals surface area contributed by atoms with Crippen molar-refractivity contribution in [3.63, 3.8) is 0 Å². The average Bonchev–Trinajstić information content (AvgIpc) is 2.55. The van der Waals surface area contributed by atoms with Gasteiger partial charge in [0.2, 0.25) is 5.91 Å². The molecule has 2 rings (SSSR count). The fourth-order valence-electron chi connectivity index (χ4n) is 3.20. The molecule has 1 fully saturated rings. The van der Waals surface area contributed by atoms with Crippen LogP contribution in [0, 0.1) is 11.7 Å². The molecule has 140 valence electrons. The van der Waals surface area contributed by atoms with Gasteiger partial charge in [-0.2, -0.15) is 0 Å². The molecule has 0 saturated heterocycles. The van der Waals surface area contributed by atoms with Gasteiger partial charge >= 0.3 is 0 Å². The minimum absolute atomic E-state index is 0. The molecule has 25 heavy (non-hydrogen) atoms. The van der Waals surface area contributed by atoms with Crippen molar-refractivity contribution < 1.29 is 9.18 Å². The lowest BCUT2D eigenvalue weighted by molar-refractivity contribution is -0.129. The molecule has 3 nitrogen and oxygen atoms in total. The standard InChI is InChI=1S/C20H29FN2O.ClH/c1-16-8-11-18(12-9-16)23(15-14-22(2)3)20(24)13-10-17-6-4-5-7-19(17)21;/h4-7,10,13,16,18H,8-9,11-12,14-15H2,1-3H3;1H/b13-10+;/t16-,18-;. The molecule has 1 aromatic rings. The molecule has 1 aromatic carbocycles. The van der Waals surface area contributed by atoms with E-state index in [-0.39, 0.29) is 24.1 Å². The van der Waals surface area contributed by atoms with Crippen LogP contribution in [0.3, 0.4) is 0 Å². The maximum Gasteiger partial charge on any atom is 0.246 e. The fourth-order valence-corrected chi connectivity index (χ4v) is 3.20. The molecule has 0 atom stereocenters. The number of carbonyl (C=O) groups is 1. The summed E-state index contributed by atoms with van der Waals surface area (Å²) in [5, 5.41) is 0. The summed E-state index contributed by atoms with van der Waals surface area (Å²) in [7, 11) is 4.03. The third-order valence-corrected chi connectivity index (χ3v) is 4.81. The number of halogens is 2. The van der Waals surface area contributed by atoms with Crippen LogP contribution in [0.2, 0.25) is 0 Å². The summed E-state index contributed by atoms with van der Waals surface area (Å²) in [6, 6.07) is 6.84. The number of rotatable bonds is 6. The van der Waals surface area contributed by atoms with Crippen LogP contribution in [0.5, 0.6) is 0 Å². The highest BCUT2D eigenvalue weighted by Gasteiger charge is 2.26. The zero-order valence-corrected chi connectivity index (χ0v) is 16.3. The Hall–Kier alpha value is -1.39. The van der Waals surface area contributed by atoms with E-state index in [0.29, 0.717) is 18.2 Å². The van der Waals surface area contributed by atoms with Crippen LogP contribution >= 0.6 is 12.4 Å². The number of benzene rings is 1. The number of amides is 1. The van der Waals surface area contributed by atoms with Gasteiger partial charge in [0.15, 0.2) is 0 Å². The molecule has 0 heterocycles. The molecule has 1 amide bonds. The third kappa shape index (κ3) is 6.79. The van der Waals surface area contributed by atoms with Crippen molar-refractivity contribution in [3.05, 3.63) is 41.7 Å². The van der Waals surface area contributed by atoms with Gasteiger partial charge in [0.05, 0.1) is 0 Å². The molecule has 0 radical (unpaired) electrons. The normalized spacial score (nSPS) is 20.5. The van der Waals surface area contributed by atoms with Crippen LogP contribution in [-0.2, 0) is 4.79 Å². The molecule has 5 heteroatoms. The Morgan fingerprint density at radius 1 is 1.16 bits per heavy atom. The van der Waals surface area contributed by atoms with Crippen LogP contribution in [-0.4, -0.2) is 48.9 Å². The number of nitrogens with zero attached hydrogens (tertiary/aromatic N) is 2. The average molecular weight is 369 g/mol. The largest absolute Gasteiger partial charge is 0.335 e. The van der Waals surface area contributed by atoms with Crippen molar-refractivity contribution in [2.45, 2.75) is 38.6 Å². The molecule has 0 N–H and O–H groups in total. The highest BCUT2D eigenvalue weighted by Crippen LogP contribution is 2.27. The first-order valence-corrected chi connectivity index (χ1v) is 8.85. The predicted molar refractivity (Wildman–Crippen MR) is 104 cm³/mol. The van der Waals surface area contributed by atoms with Crippen molar-refractivity contribution in [2.75, 3.05) is 27.2 Å². The summed E-state index contributed by atoms with van der Waals surface area (Å²) in [6.07, 6.45) is 7.58. The second-order valence-corrected chi connectivity index (χ2v) is 7.10. The summed E-state index contributed by atoms with van der Waals surface area (Å²) >= 11 is 0. The Labute approximate surface area is 157 Å². The van der Waals surface area contributed by atoms with Crippen molar-refractivity contribution in [1.29, 1.82) is 0 Å². The quantitative estimate of drug-likeness (QED) is 0.701. The van der Waals surface area contributed by atoms with Gasteiger partial charge in [-0.3, -0.25) is 4.79 Å². The van der Waals surface area contributed by atoms with E-state index in [4.69, 9.17) is 0 Å². The summed E-state index contributed by atoms with van der Waals surface area (Å²) in [6.45, 7) is 3.83. The Morgan fingerprint density at radius 2 is 1.80 bits per heavy atom. The van der Waals surface area contributed by atoms with Gasteiger partial charge in [-0.05, 0) is 57.8 Å². The van der Waals surface area contributed by atoms with E-state index < -0.39 is 0 Å². The zero-order chi connectivity index (χ0) is 17.5. The molecule has 0 unspecified atom stereocenters. The molecule has 0 bridgehead atoms. The van der Waals surface area contributed by atoms with Gasteiger partial charge in [-0.25, -0.2) is 4.39 Å². The molecular weight excluding hydrogens is 339 g/mol. The van der Waals surface area contributed by atoms with Crippen molar-refractivity contribution in [3.8, 4) is 0 Å². The lowest BCUT2D eigenvalue weighted by Gasteiger charge is -2.36. The first kappa shape index (κ1) is 21.7. The van der Waals surface area contributed by atoms with Crippen LogP contribution in [0.25, 0.3) is 6.08 Å². The summed E-state index contributed by atoms with van der Waals surface area (Å²) in [5.74, 6) is 0.438. The topological polar surface area (TPSA) is 23.6 Å². The number of carbonyl (C=O) groups excluding carboxylic acids is 1. The van der Waals surface area contributed by atoms with Gasteiger partial charge in [0.1, 0.15) is 5.82 Å². The van der Waals surface area contributed by atoms with Crippen LogP contribution in [0.1, 0.15) is 38.2 Å². The van der Waals surface area contributed by atoms with Crippen LogP contribution in [0.15, 0.2) is 30.3 Å². The minimum Gasteiger partial charge on any atom is -0.335 e. The monoisotopic (exact) mass is 368 g/mol. The predicted octanol–water partition coefficient (Wildman–Crippen LogP) is 4.23. The van der Waals surface area contributed by atoms with E-state index in [1.165, 1.54) is 25.0 Å². The molecule has 1 aliphatic rings. The van der Waals surface area contributed by atoms with Gasteiger partial charge in [0.25, 0.3) is 0 Å². The van der Waals surface area contributed by atoms with Crippen molar-refractivity contribution >= 4 is 24.4 Å². The highest BCUT2D eigenvalue weighted by atomic mass is 35.5. The summed E-state index contributed by atoms with van der Waals surface area (Å²) in [5.41, 5.74) is 0.454.